The summed E-state index contributed by atoms with van der Waals surface area (Å²) in [5.41, 5.74) is 4.84. The van der Waals surface area contributed by atoms with Crippen molar-refractivity contribution in [3.8, 4) is 5.75 Å². The highest BCUT2D eigenvalue weighted by molar-refractivity contribution is 7.52. The van der Waals surface area contributed by atoms with Gasteiger partial charge in [0.2, 0.25) is 5.95 Å². The Balaban J connectivity index is 1.61. The molecule has 7 atom stereocenters. The van der Waals surface area contributed by atoms with Crippen molar-refractivity contribution in [2.24, 2.45) is 0 Å². The smallest absolute Gasteiger partial charge is 0.413 e. The SMILES string of the molecule is CC[C@]1(COP(=O)(N[C@@H](C)C(O)OC(C)C)Oc2ccccc2)O[C@@H](n2cnc3c(N(C)C)nc(N)nc32)[C@H](F)[C@@H]1O. The summed E-state index contributed by atoms with van der Waals surface area (Å²) in [5, 5.41) is 24.2. The lowest BCUT2D eigenvalue weighted by Crippen LogP contribution is -2.46. The molecule has 14 nitrogen and oxygen atoms in total. The molecule has 1 aliphatic rings. The molecule has 1 fully saturated rings. The Hall–Kier alpha value is -2.91. The second kappa shape index (κ2) is 12.8. The lowest BCUT2D eigenvalue weighted by molar-refractivity contribution is -0.139. The Bertz CT molecular complexity index is 1400. The topological polar surface area (TPSA) is 179 Å². The zero-order valence-electron chi connectivity index (χ0n) is 24.4. The predicted molar refractivity (Wildman–Crippen MR) is 154 cm³/mol. The fourth-order valence-corrected chi connectivity index (χ4v) is 6.17. The van der Waals surface area contributed by atoms with Crippen molar-refractivity contribution in [3.05, 3.63) is 36.7 Å². The summed E-state index contributed by atoms with van der Waals surface area (Å²) >= 11 is 0. The van der Waals surface area contributed by atoms with E-state index >= 15 is 4.39 Å². The lowest BCUT2D eigenvalue weighted by atomic mass is 9.94. The fraction of sp³-hybridized carbons (Fsp3) is 0.577. The van der Waals surface area contributed by atoms with E-state index in [1.165, 1.54) is 10.9 Å². The number of hydrogen-bond donors (Lipinski definition) is 4. The van der Waals surface area contributed by atoms with Crippen LogP contribution in [0.3, 0.4) is 0 Å². The van der Waals surface area contributed by atoms with Crippen LogP contribution in [0.15, 0.2) is 36.7 Å². The van der Waals surface area contributed by atoms with Gasteiger partial charge in [0.25, 0.3) is 0 Å². The van der Waals surface area contributed by atoms with E-state index in [-0.39, 0.29) is 29.9 Å². The predicted octanol–water partition coefficient (Wildman–Crippen LogP) is 2.78. The normalized spacial score (nSPS) is 25.4. The van der Waals surface area contributed by atoms with E-state index in [4.69, 9.17) is 24.3 Å². The van der Waals surface area contributed by atoms with E-state index in [0.29, 0.717) is 11.3 Å². The summed E-state index contributed by atoms with van der Waals surface area (Å²) in [6.45, 7) is 6.17. The van der Waals surface area contributed by atoms with Crippen molar-refractivity contribution in [1.82, 2.24) is 24.6 Å². The Morgan fingerprint density at radius 3 is 2.57 bits per heavy atom. The number of nitrogens with zero attached hydrogens (tertiary/aromatic N) is 5. The van der Waals surface area contributed by atoms with Gasteiger partial charge in [-0.15, -0.1) is 0 Å². The van der Waals surface area contributed by atoms with E-state index < -0.39 is 50.8 Å². The van der Waals surface area contributed by atoms with Crippen LogP contribution in [0.2, 0.25) is 0 Å². The van der Waals surface area contributed by atoms with Crippen LogP contribution in [0, 0.1) is 0 Å². The number of fused-ring (bicyclic) bond motifs is 1. The number of aromatic nitrogens is 4. The number of ether oxygens (including phenoxy) is 2. The van der Waals surface area contributed by atoms with Gasteiger partial charge in [-0.05, 0) is 39.3 Å². The van der Waals surface area contributed by atoms with Crippen LogP contribution in [-0.2, 0) is 18.6 Å². The van der Waals surface area contributed by atoms with Crippen LogP contribution in [0.25, 0.3) is 11.2 Å². The third-order valence-electron chi connectivity index (χ3n) is 6.83. The summed E-state index contributed by atoms with van der Waals surface area (Å²) < 4.78 is 54.2. The summed E-state index contributed by atoms with van der Waals surface area (Å²) in [6, 6.07) is 7.38. The molecule has 5 N–H and O–H groups in total. The van der Waals surface area contributed by atoms with Crippen molar-refractivity contribution in [2.75, 3.05) is 31.3 Å². The van der Waals surface area contributed by atoms with Gasteiger partial charge in [-0.25, -0.2) is 19.0 Å². The molecular weight excluding hydrogens is 572 g/mol. The average Bonchev–Trinajstić information content (AvgIpc) is 3.45. The first-order valence-electron chi connectivity index (χ1n) is 13.6. The third-order valence-corrected chi connectivity index (χ3v) is 8.48. The molecule has 2 aromatic heterocycles. The number of hydrogen-bond acceptors (Lipinski definition) is 12. The van der Waals surface area contributed by atoms with Crippen LogP contribution in [0.4, 0.5) is 16.2 Å². The quantitative estimate of drug-likeness (QED) is 0.164. The van der Waals surface area contributed by atoms with Gasteiger partial charge in [-0.1, -0.05) is 25.1 Å². The first kappa shape index (κ1) is 32.0. The zero-order chi connectivity index (χ0) is 30.8. The van der Waals surface area contributed by atoms with Crippen molar-refractivity contribution >= 4 is 30.7 Å². The Labute approximate surface area is 243 Å². The van der Waals surface area contributed by atoms with E-state index in [1.807, 2.05) is 0 Å². The molecular formula is C26H39FN7O7P. The molecule has 1 saturated heterocycles. The van der Waals surface area contributed by atoms with Gasteiger partial charge >= 0.3 is 7.75 Å². The monoisotopic (exact) mass is 611 g/mol. The van der Waals surface area contributed by atoms with E-state index in [9.17, 15) is 14.8 Å². The number of alkyl halides is 1. The van der Waals surface area contributed by atoms with Gasteiger partial charge in [0.05, 0.1) is 25.1 Å². The molecule has 0 aliphatic carbocycles. The van der Waals surface area contributed by atoms with Crippen LogP contribution < -0.4 is 20.2 Å². The summed E-state index contributed by atoms with van der Waals surface area (Å²) in [7, 11) is -0.745. The average molecular weight is 612 g/mol. The highest BCUT2D eigenvalue weighted by Crippen LogP contribution is 2.49. The number of para-hydroxylation sites is 1. The molecule has 0 spiro atoms. The highest BCUT2D eigenvalue weighted by Gasteiger charge is 2.56. The van der Waals surface area contributed by atoms with Crippen molar-refractivity contribution in [2.45, 2.75) is 76.7 Å². The minimum Gasteiger partial charge on any atom is -0.413 e. The maximum absolute atomic E-state index is 15.8. The van der Waals surface area contributed by atoms with Gasteiger partial charge < -0.3 is 34.8 Å². The lowest BCUT2D eigenvalue weighted by Gasteiger charge is -2.33. The molecule has 4 rings (SSSR count). The molecule has 16 heteroatoms. The van der Waals surface area contributed by atoms with Crippen LogP contribution in [0.1, 0.15) is 40.3 Å². The second-order valence-electron chi connectivity index (χ2n) is 10.6. The molecule has 3 aromatic rings. The molecule has 0 saturated carbocycles. The third kappa shape index (κ3) is 6.67. The number of anilines is 2. The Morgan fingerprint density at radius 2 is 1.95 bits per heavy atom. The second-order valence-corrected chi connectivity index (χ2v) is 12.3. The van der Waals surface area contributed by atoms with Crippen molar-refractivity contribution in [1.29, 1.82) is 0 Å². The van der Waals surface area contributed by atoms with Crippen LogP contribution in [0.5, 0.6) is 5.75 Å². The van der Waals surface area contributed by atoms with Gasteiger partial charge in [0, 0.05) is 14.1 Å². The van der Waals surface area contributed by atoms with Gasteiger partial charge in [0.1, 0.15) is 17.5 Å². The van der Waals surface area contributed by atoms with Crippen LogP contribution >= 0.6 is 7.75 Å². The standard InChI is InChI=1S/C26H39FN7O7P/c1-7-26(13-38-42(37,41-17-11-9-8-10-12-17)32-16(4)24(36)39-15(2)3)20(35)18(27)23(40-26)34-14-29-19-21(33(5)6)30-25(28)31-22(19)34/h8-12,14-16,18,20,23-24,35-36H,7,13H2,1-6H3,(H,32,37)(H2,28,30,31)/t16-,18+,20-,23+,24?,26+,42?/m0/s1. The summed E-state index contributed by atoms with van der Waals surface area (Å²) in [6.07, 6.45) is -5.21. The van der Waals surface area contributed by atoms with Gasteiger partial charge in [0.15, 0.2) is 35.7 Å². The maximum atomic E-state index is 15.8. The molecule has 0 amide bonds. The van der Waals surface area contributed by atoms with Gasteiger partial charge in [-0.3, -0.25) is 9.09 Å². The van der Waals surface area contributed by atoms with Crippen molar-refractivity contribution in [3.63, 3.8) is 0 Å². The van der Waals surface area contributed by atoms with E-state index in [2.05, 4.69) is 20.0 Å². The number of rotatable bonds is 13. The Kier molecular flexibility index (Phi) is 9.72. The number of benzene rings is 1. The molecule has 1 aliphatic heterocycles. The van der Waals surface area contributed by atoms with Gasteiger partial charge in [-0.2, -0.15) is 9.97 Å². The molecule has 42 heavy (non-hydrogen) atoms. The minimum absolute atomic E-state index is 0.0465. The number of aliphatic hydroxyl groups is 2. The molecule has 0 radical (unpaired) electrons. The Morgan fingerprint density at radius 1 is 1.26 bits per heavy atom. The zero-order valence-corrected chi connectivity index (χ0v) is 25.3. The number of halogens is 1. The number of nitrogen functional groups attached to an aromatic ring is 1. The molecule has 3 heterocycles. The van der Waals surface area contributed by atoms with E-state index in [0.717, 1.165) is 0 Å². The van der Waals surface area contributed by atoms with E-state index in [1.54, 1.807) is 77.0 Å². The molecule has 232 valence electrons. The molecule has 1 aromatic carbocycles. The fourth-order valence-electron chi connectivity index (χ4n) is 4.58. The number of nitrogens with two attached hydrogens (primary N) is 1. The summed E-state index contributed by atoms with van der Waals surface area (Å²) in [5.74, 6) is 0.603. The molecule has 2 unspecified atom stereocenters. The molecule has 0 bridgehead atoms. The van der Waals surface area contributed by atoms with Crippen LogP contribution in [-0.4, -0.2) is 86.7 Å². The first-order valence-corrected chi connectivity index (χ1v) is 15.1. The number of nitrogens with one attached hydrogen (secondary N) is 1. The first-order chi connectivity index (χ1) is 19.8. The van der Waals surface area contributed by atoms with Crippen molar-refractivity contribution < 1.29 is 37.7 Å². The number of aliphatic hydroxyl groups excluding tert-OH is 2. The summed E-state index contributed by atoms with van der Waals surface area (Å²) in [4.78, 5) is 14.5. The largest absolute Gasteiger partial charge is 0.459 e. The number of imidazole rings is 1. The minimum atomic E-state index is -4.26. The maximum Gasteiger partial charge on any atom is 0.459 e. The highest BCUT2D eigenvalue weighted by atomic mass is 31.2.